The van der Waals surface area contributed by atoms with Gasteiger partial charge in [0.2, 0.25) is 5.91 Å². The maximum atomic E-state index is 13.9. The Morgan fingerprint density at radius 1 is 1.17 bits per heavy atom. The Kier molecular flexibility index (Phi) is 8.61. The van der Waals surface area contributed by atoms with Crippen molar-refractivity contribution in [3.05, 3.63) is 12.2 Å². The summed E-state index contributed by atoms with van der Waals surface area (Å²) in [5, 5.41) is 0. The molecule has 1 amide bonds. The molecule has 2 fully saturated rings. The maximum absolute atomic E-state index is 13.9. The van der Waals surface area contributed by atoms with Crippen molar-refractivity contribution in [2.45, 2.75) is 104 Å². The van der Waals surface area contributed by atoms with E-state index in [1.54, 1.807) is 18.9 Å². The van der Waals surface area contributed by atoms with Crippen molar-refractivity contribution in [2.75, 3.05) is 13.7 Å². The van der Waals surface area contributed by atoms with Gasteiger partial charge >= 0.3 is 5.97 Å². The molecule has 0 aromatic heterocycles. The minimum atomic E-state index is -0.653. The Balaban J connectivity index is 1.90. The quantitative estimate of drug-likeness (QED) is 0.433. The van der Waals surface area contributed by atoms with Crippen LogP contribution in [0.5, 0.6) is 0 Å². The molecule has 7 nitrogen and oxygen atoms in total. The van der Waals surface area contributed by atoms with Crippen LogP contribution in [0.2, 0.25) is 0 Å². The Morgan fingerprint density at radius 2 is 1.89 bits per heavy atom. The van der Waals surface area contributed by atoms with Gasteiger partial charge < -0.3 is 14.4 Å². The van der Waals surface area contributed by atoms with Crippen LogP contribution < -0.4 is 0 Å². The lowest BCUT2D eigenvalue weighted by Crippen LogP contribution is -2.47. The number of ketones is 2. The molecule has 0 N–H and O–H groups in total. The largest absolute Gasteiger partial charge is 0.460 e. The first kappa shape index (κ1) is 27.6. The van der Waals surface area contributed by atoms with Crippen LogP contribution in [0.1, 0.15) is 86.0 Å². The van der Waals surface area contributed by atoms with Gasteiger partial charge in [0.05, 0.1) is 18.6 Å². The SMILES string of the molecule is CO[C@H]1CN2C(=O)[C@@H](CC(=O)OC(C)(C)C)CCCCC/C=C\[C@@H]3C[C@@]3(C(C)=O)CC(=O)[C@@H]2C1C. The van der Waals surface area contributed by atoms with E-state index >= 15 is 0 Å². The number of rotatable bonds is 4. The van der Waals surface area contributed by atoms with E-state index in [0.29, 0.717) is 19.4 Å². The summed E-state index contributed by atoms with van der Waals surface area (Å²) < 4.78 is 11.2. The smallest absolute Gasteiger partial charge is 0.307 e. The molecular weight excluding hydrogens is 446 g/mol. The number of hydrogen-bond donors (Lipinski definition) is 0. The molecule has 196 valence electrons. The molecule has 1 saturated carbocycles. The van der Waals surface area contributed by atoms with E-state index < -0.39 is 28.9 Å². The predicted molar refractivity (Wildman–Crippen MR) is 132 cm³/mol. The summed E-state index contributed by atoms with van der Waals surface area (Å²) in [6.45, 7) is 9.26. The van der Waals surface area contributed by atoms with Gasteiger partial charge in [-0.25, -0.2) is 0 Å². The molecule has 0 radical (unpaired) electrons. The molecule has 2 aliphatic heterocycles. The number of allylic oxidation sites excluding steroid dienone is 2. The summed E-state index contributed by atoms with van der Waals surface area (Å²) in [6, 6.07) is -0.653. The normalized spacial score (nSPS) is 35.4. The molecule has 0 aromatic rings. The highest BCUT2D eigenvalue weighted by Crippen LogP contribution is 2.57. The van der Waals surface area contributed by atoms with Gasteiger partial charge in [0.15, 0.2) is 5.78 Å². The molecule has 3 rings (SSSR count). The lowest BCUT2D eigenvalue weighted by Gasteiger charge is -2.30. The fourth-order valence-electron chi connectivity index (χ4n) is 5.90. The van der Waals surface area contributed by atoms with Gasteiger partial charge in [-0.05, 0) is 59.3 Å². The van der Waals surface area contributed by atoms with E-state index in [2.05, 4.69) is 12.2 Å². The first-order chi connectivity index (χ1) is 16.4. The molecular formula is C28H43NO6. The molecule has 0 spiro atoms. The highest BCUT2D eigenvalue weighted by atomic mass is 16.6. The van der Waals surface area contributed by atoms with Crippen molar-refractivity contribution in [1.29, 1.82) is 0 Å². The summed E-state index contributed by atoms with van der Waals surface area (Å²) in [6.07, 6.45) is 9.04. The number of esters is 1. The topological polar surface area (TPSA) is 90.0 Å². The van der Waals surface area contributed by atoms with E-state index in [1.807, 2.05) is 27.7 Å². The molecule has 6 atom stereocenters. The first-order valence-electron chi connectivity index (χ1n) is 13.1. The third-order valence-electron chi connectivity index (χ3n) is 8.01. The van der Waals surface area contributed by atoms with Crippen molar-refractivity contribution in [3.63, 3.8) is 0 Å². The molecule has 1 saturated heterocycles. The van der Waals surface area contributed by atoms with Crippen LogP contribution in [0, 0.1) is 23.2 Å². The number of fused-ring (bicyclic) bond motifs is 2. The Hall–Kier alpha value is -2.02. The highest BCUT2D eigenvalue weighted by molar-refractivity contribution is 5.97. The third-order valence-corrected chi connectivity index (χ3v) is 8.01. The maximum Gasteiger partial charge on any atom is 0.307 e. The van der Waals surface area contributed by atoms with Gasteiger partial charge in [0, 0.05) is 37.3 Å². The molecule has 7 heteroatoms. The van der Waals surface area contributed by atoms with Crippen molar-refractivity contribution in [2.24, 2.45) is 23.2 Å². The zero-order valence-corrected chi connectivity index (χ0v) is 22.3. The minimum absolute atomic E-state index is 0.00109. The number of amides is 1. The monoisotopic (exact) mass is 489 g/mol. The summed E-state index contributed by atoms with van der Waals surface area (Å²) in [5.41, 5.74) is -1.28. The van der Waals surface area contributed by atoms with Gasteiger partial charge in [-0.1, -0.05) is 31.9 Å². The Morgan fingerprint density at radius 3 is 2.51 bits per heavy atom. The van der Waals surface area contributed by atoms with Crippen LogP contribution in [0.3, 0.4) is 0 Å². The molecule has 1 unspecified atom stereocenters. The van der Waals surface area contributed by atoms with Crippen molar-refractivity contribution in [1.82, 2.24) is 4.90 Å². The second-order valence-corrected chi connectivity index (χ2v) is 11.8. The minimum Gasteiger partial charge on any atom is -0.460 e. The zero-order valence-electron chi connectivity index (χ0n) is 22.3. The van der Waals surface area contributed by atoms with Gasteiger partial charge in [-0.3, -0.25) is 19.2 Å². The van der Waals surface area contributed by atoms with E-state index in [9.17, 15) is 19.2 Å². The van der Waals surface area contributed by atoms with Gasteiger partial charge in [-0.2, -0.15) is 0 Å². The summed E-state index contributed by atoms with van der Waals surface area (Å²) in [5.74, 6) is -1.26. The van der Waals surface area contributed by atoms with Gasteiger partial charge in [0.25, 0.3) is 0 Å². The number of methoxy groups -OCH3 is 1. The van der Waals surface area contributed by atoms with E-state index in [0.717, 1.165) is 25.7 Å². The summed E-state index contributed by atoms with van der Waals surface area (Å²) in [4.78, 5) is 54.5. The van der Waals surface area contributed by atoms with Crippen molar-refractivity contribution < 1.29 is 28.7 Å². The Labute approximate surface area is 210 Å². The summed E-state index contributed by atoms with van der Waals surface area (Å²) in [7, 11) is 1.60. The average molecular weight is 490 g/mol. The second-order valence-electron chi connectivity index (χ2n) is 11.8. The standard InChI is InChI=1S/C28H43NO6/c1-18-23(34-6)17-29-25(18)22(31)16-28(19(2)30)15-21(28)13-11-9-7-8-10-12-20(26(29)33)14-24(32)35-27(3,4)5/h11,13,18,20-21,23,25H,7-10,12,14-17H2,1-6H3/b13-11-/t18?,20-,21-,23+,25+,28+/m1/s1. The zero-order chi connectivity index (χ0) is 26.0. The number of carbonyl (C=O) groups is 4. The number of carbonyl (C=O) groups excluding carboxylic acids is 4. The number of nitrogens with zero attached hydrogens (tertiary/aromatic N) is 1. The van der Waals surface area contributed by atoms with Crippen LogP contribution in [0.4, 0.5) is 0 Å². The predicted octanol–water partition coefficient (Wildman–Crippen LogP) is 4.27. The third kappa shape index (κ3) is 6.41. The van der Waals surface area contributed by atoms with Crippen LogP contribution in [-0.4, -0.2) is 59.7 Å². The molecule has 1 aliphatic carbocycles. The number of ether oxygens (including phenoxy) is 2. The lowest BCUT2D eigenvalue weighted by atomic mass is 9.86. The average Bonchev–Trinajstić information content (AvgIpc) is 3.34. The number of Topliss-reactive ketones (excluding diaryl/α,β-unsaturated/α-hetero) is 2. The van der Waals surface area contributed by atoms with Gasteiger partial charge in [0.1, 0.15) is 11.4 Å². The molecule has 0 aromatic carbocycles. The molecule has 35 heavy (non-hydrogen) atoms. The fraction of sp³-hybridized carbons (Fsp3) is 0.786. The molecule has 3 aliphatic rings. The number of hydrogen-bond acceptors (Lipinski definition) is 6. The molecule has 2 heterocycles. The van der Waals surface area contributed by atoms with E-state index in [4.69, 9.17) is 9.47 Å². The highest BCUT2D eigenvalue weighted by Gasteiger charge is 2.59. The first-order valence-corrected chi connectivity index (χ1v) is 13.1. The van der Waals surface area contributed by atoms with Crippen LogP contribution in [-0.2, 0) is 28.7 Å². The van der Waals surface area contributed by atoms with Crippen molar-refractivity contribution in [3.8, 4) is 0 Å². The Bertz CT molecular complexity index is 858. The van der Waals surface area contributed by atoms with Gasteiger partial charge in [-0.15, -0.1) is 0 Å². The summed E-state index contributed by atoms with van der Waals surface area (Å²) >= 11 is 0. The van der Waals surface area contributed by atoms with Crippen LogP contribution in [0.25, 0.3) is 0 Å². The lowest BCUT2D eigenvalue weighted by molar-refractivity contribution is -0.159. The van der Waals surface area contributed by atoms with Crippen LogP contribution in [0.15, 0.2) is 12.2 Å². The second kappa shape index (κ2) is 10.9. The van der Waals surface area contributed by atoms with E-state index in [-0.39, 0.29) is 48.3 Å². The molecule has 0 bridgehead atoms. The van der Waals surface area contributed by atoms with Crippen LogP contribution >= 0.6 is 0 Å². The van der Waals surface area contributed by atoms with E-state index in [1.165, 1.54) is 0 Å². The van der Waals surface area contributed by atoms with Crippen molar-refractivity contribution >= 4 is 23.4 Å². The fourth-order valence-corrected chi connectivity index (χ4v) is 5.90.